The fraction of sp³-hybridized carbons (Fsp3) is 0.188. The van der Waals surface area contributed by atoms with Crippen LogP contribution in [0.5, 0.6) is 0 Å². The summed E-state index contributed by atoms with van der Waals surface area (Å²) in [6.07, 6.45) is 1.35. The Bertz CT molecular complexity index is 802. The molecular formula is C16H15NO3. The van der Waals surface area contributed by atoms with Gasteiger partial charge in [-0.3, -0.25) is 0 Å². The van der Waals surface area contributed by atoms with Crippen LogP contribution in [0.4, 0.5) is 0 Å². The largest absolute Gasteiger partial charge is 0.465 e. The van der Waals surface area contributed by atoms with Gasteiger partial charge in [0.2, 0.25) is 0 Å². The second-order valence-corrected chi connectivity index (χ2v) is 4.78. The van der Waals surface area contributed by atoms with Crippen molar-refractivity contribution in [3.8, 4) is 0 Å². The summed E-state index contributed by atoms with van der Waals surface area (Å²) in [7, 11) is 1.38. The van der Waals surface area contributed by atoms with Crippen molar-refractivity contribution in [1.82, 2.24) is 4.40 Å². The highest BCUT2D eigenvalue weighted by Gasteiger charge is 2.19. The van der Waals surface area contributed by atoms with Gasteiger partial charge >= 0.3 is 5.97 Å². The van der Waals surface area contributed by atoms with Crippen LogP contribution >= 0.6 is 0 Å². The Morgan fingerprint density at radius 3 is 2.75 bits per heavy atom. The first-order valence-corrected chi connectivity index (χ1v) is 6.42. The fourth-order valence-electron chi connectivity index (χ4n) is 2.53. The van der Waals surface area contributed by atoms with Crippen LogP contribution in [0.1, 0.15) is 28.9 Å². The first-order valence-electron chi connectivity index (χ1n) is 6.42. The Kier molecular flexibility index (Phi) is 2.95. The minimum Gasteiger partial charge on any atom is -0.465 e. The molecule has 102 valence electrons. The normalized spacial score (nSPS) is 12.8. The second-order valence-electron chi connectivity index (χ2n) is 4.78. The third kappa shape index (κ3) is 1.77. The number of methoxy groups -OCH3 is 1. The average molecular weight is 269 g/mol. The zero-order valence-corrected chi connectivity index (χ0v) is 11.3. The number of aromatic nitrogens is 1. The zero-order valence-electron chi connectivity index (χ0n) is 11.3. The molecule has 3 rings (SSSR count). The SMILES string of the molecule is COC(=O)c1c2ccc(C(C)O)cc2n2ccccc12. The van der Waals surface area contributed by atoms with E-state index in [4.69, 9.17) is 4.74 Å². The fourth-order valence-corrected chi connectivity index (χ4v) is 2.53. The minimum absolute atomic E-state index is 0.353. The molecule has 0 amide bonds. The van der Waals surface area contributed by atoms with Crippen molar-refractivity contribution >= 4 is 22.4 Å². The van der Waals surface area contributed by atoms with Gasteiger partial charge in [-0.1, -0.05) is 18.2 Å². The van der Waals surface area contributed by atoms with Crippen LogP contribution in [-0.4, -0.2) is 22.6 Å². The third-order valence-corrected chi connectivity index (χ3v) is 3.54. The summed E-state index contributed by atoms with van der Waals surface area (Å²) in [5.41, 5.74) is 3.06. The highest BCUT2D eigenvalue weighted by atomic mass is 16.5. The first kappa shape index (κ1) is 12.7. The maximum absolute atomic E-state index is 12.0. The Hall–Kier alpha value is -2.33. The predicted molar refractivity (Wildman–Crippen MR) is 76.9 cm³/mol. The number of carbonyl (C=O) groups excluding carboxylic acids is 1. The van der Waals surface area contributed by atoms with E-state index in [-0.39, 0.29) is 5.97 Å². The lowest BCUT2D eigenvalue weighted by Crippen LogP contribution is -2.00. The number of benzene rings is 1. The van der Waals surface area contributed by atoms with Crippen molar-refractivity contribution in [3.63, 3.8) is 0 Å². The Morgan fingerprint density at radius 1 is 1.25 bits per heavy atom. The van der Waals surface area contributed by atoms with Crippen molar-refractivity contribution in [2.24, 2.45) is 0 Å². The number of nitrogens with zero attached hydrogens (tertiary/aromatic N) is 1. The number of carbonyl (C=O) groups is 1. The number of rotatable bonds is 2. The van der Waals surface area contributed by atoms with Crippen molar-refractivity contribution in [3.05, 3.63) is 53.7 Å². The lowest BCUT2D eigenvalue weighted by molar-refractivity contribution is 0.0605. The summed E-state index contributed by atoms with van der Waals surface area (Å²) in [4.78, 5) is 12.0. The monoisotopic (exact) mass is 269 g/mol. The van der Waals surface area contributed by atoms with E-state index in [1.807, 2.05) is 47.0 Å². The minimum atomic E-state index is -0.546. The number of hydrogen-bond acceptors (Lipinski definition) is 3. The molecule has 4 heteroatoms. The zero-order chi connectivity index (χ0) is 14.3. The predicted octanol–water partition coefficient (Wildman–Crippen LogP) is 2.93. The number of pyridine rings is 1. The van der Waals surface area contributed by atoms with Gasteiger partial charge in [0, 0.05) is 11.6 Å². The standard InChI is InChI=1S/C16H15NO3/c1-10(18)11-6-7-12-14(9-11)17-8-4-3-5-13(17)15(12)16(19)20-2/h3-10,18H,1-2H3. The molecule has 2 aromatic heterocycles. The summed E-state index contributed by atoms with van der Waals surface area (Å²) in [6.45, 7) is 1.72. The average Bonchev–Trinajstić information content (AvgIpc) is 2.80. The molecule has 1 unspecified atom stereocenters. The molecule has 0 saturated carbocycles. The van der Waals surface area contributed by atoms with Crippen LogP contribution < -0.4 is 0 Å². The van der Waals surface area contributed by atoms with E-state index in [9.17, 15) is 9.90 Å². The number of aliphatic hydroxyl groups is 1. The van der Waals surface area contributed by atoms with Gasteiger partial charge in [0.1, 0.15) is 0 Å². The molecule has 4 nitrogen and oxygen atoms in total. The van der Waals surface area contributed by atoms with Gasteiger partial charge in [-0.05, 0) is 30.7 Å². The summed E-state index contributed by atoms with van der Waals surface area (Å²) in [5.74, 6) is -0.353. The van der Waals surface area contributed by atoms with E-state index in [0.717, 1.165) is 22.0 Å². The van der Waals surface area contributed by atoms with Crippen LogP contribution in [-0.2, 0) is 4.74 Å². The molecule has 0 bridgehead atoms. The van der Waals surface area contributed by atoms with E-state index < -0.39 is 6.10 Å². The Morgan fingerprint density at radius 2 is 2.05 bits per heavy atom. The molecule has 1 N–H and O–H groups in total. The molecule has 1 aromatic carbocycles. The van der Waals surface area contributed by atoms with Crippen LogP contribution in [0.15, 0.2) is 42.6 Å². The van der Waals surface area contributed by atoms with Crippen LogP contribution in [0.2, 0.25) is 0 Å². The number of ether oxygens (including phenoxy) is 1. The topological polar surface area (TPSA) is 50.9 Å². The molecule has 0 radical (unpaired) electrons. The maximum atomic E-state index is 12.0. The summed E-state index contributed by atoms with van der Waals surface area (Å²) >= 11 is 0. The van der Waals surface area contributed by atoms with Gasteiger partial charge in [0.25, 0.3) is 0 Å². The van der Waals surface area contributed by atoms with Crippen LogP contribution in [0.3, 0.4) is 0 Å². The smallest absolute Gasteiger partial charge is 0.340 e. The molecule has 0 aliphatic rings. The molecule has 0 spiro atoms. The maximum Gasteiger partial charge on any atom is 0.340 e. The molecule has 0 fully saturated rings. The molecule has 3 aromatic rings. The van der Waals surface area contributed by atoms with E-state index in [1.54, 1.807) is 6.92 Å². The number of hydrogen-bond donors (Lipinski definition) is 1. The number of esters is 1. The summed E-state index contributed by atoms with van der Waals surface area (Å²) in [6, 6.07) is 11.3. The first-order chi connectivity index (χ1) is 9.63. The van der Waals surface area contributed by atoms with Gasteiger partial charge < -0.3 is 14.2 Å². The van der Waals surface area contributed by atoms with Gasteiger partial charge in [0.15, 0.2) is 0 Å². The van der Waals surface area contributed by atoms with Crippen molar-refractivity contribution < 1.29 is 14.6 Å². The molecule has 0 aliphatic heterocycles. The van der Waals surface area contributed by atoms with Crippen LogP contribution in [0.25, 0.3) is 16.4 Å². The Balaban J connectivity index is 2.44. The van der Waals surface area contributed by atoms with E-state index in [2.05, 4.69) is 0 Å². The van der Waals surface area contributed by atoms with Crippen molar-refractivity contribution in [2.75, 3.05) is 7.11 Å². The number of fused-ring (bicyclic) bond motifs is 3. The van der Waals surface area contributed by atoms with Gasteiger partial charge in [-0.25, -0.2) is 4.79 Å². The van der Waals surface area contributed by atoms with Crippen molar-refractivity contribution in [2.45, 2.75) is 13.0 Å². The van der Waals surface area contributed by atoms with Gasteiger partial charge in [0.05, 0.1) is 29.8 Å². The molecular weight excluding hydrogens is 254 g/mol. The molecule has 20 heavy (non-hydrogen) atoms. The van der Waals surface area contributed by atoms with Gasteiger partial charge in [-0.15, -0.1) is 0 Å². The van der Waals surface area contributed by atoms with E-state index >= 15 is 0 Å². The summed E-state index contributed by atoms with van der Waals surface area (Å²) in [5, 5.41) is 10.5. The number of aliphatic hydroxyl groups excluding tert-OH is 1. The second kappa shape index (κ2) is 4.65. The molecule has 1 atom stereocenters. The lowest BCUT2D eigenvalue weighted by Gasteiger charge is -2.05. The third-order valence-electron chi connectivity index (χ3n) is 3.54. The molecule has 2 heterocycles. The van der Waals surface area contributed by atoms with E-state index in [0.29, 0.717) is 5.56 Å². The quantitative estimate of drug-likeness (QED) is 0.728. The van der Waals surface area contributed by atoms with E-state index in [1.165, 1.54) is 7.11 Å². The Labute approximate surface area is 116 Å². The highest BCUT2D eigenvalue weighted by Crippen LogP contribution is 2.29. The lowest BCUT2D eigenvalue weighted by atomic mass is 10.1. The molecule has 0 saturated heterocycles. The molecule has 0 aliphatic carbocycles. The van der Waals surface area contributed by atoms with Crippen LogP contribution in [0, 0.1) is 0 Å². The summed E-state index contributed by atoms with van der Waals surface area (Å²) < 4.78 is 6.82. The van der Waals surface area contributed by atoms with Gasteiger partial charge in [-0.2, -0.15) is 0 Å². The highest BCUT2D eigenvalue weighted by molar-refractivity contribution is 6.11. The van der Waals surface area contributed by atoms with Crippen molar-refractivity contribution in [1.29, 1.82) is 0 Å².